The lowest BCUT2D eigenvalue weighted by molar-refractivity contribution is -0.210. The van der Waals surface area contributed by atoms with Gasteiger partial charge in [-0.25, -0.2) is 0 Å². The fourth-order valence-corrected chi connectivity index (χ4v) is 3.79. The number of carbonyl (C=O) groups is 5. The van der Waals surface area contributed by atoms with Crippen LogP contribution in [0, 0.1) is 0 Å². The molecule has 31 heavy (non-hydrogen) atoms. The summed E-state index contributed by atoms with van der Waals surface area (Å²) in [5.41, 5.74) is 0.265. The fraction of sp³-hybridized carbons (Fsp3) is 0.450. The lowest BCUT2D eigenvalue weighted by Crippen LogP contribution is -2.64. The molecular formula is C20H22BrNO9. The van der Waals surface area contributed by atoms with Crippen LogP contribution in [0.3, 0.4) is 0 Å². The molecule has 1 aliphatic rings. The summed E-state index contributed by atoms with van der Waals surface area (Å²) in [7, 11) is 0. The monoisotopic (exact) mass is 499 g/mol. The summed E-state index contributed by atoms with van der Waals surface area (Å²) < 4.78 is 21.4. The Morgan fingerprint density at radius 3 is 2.23 bits per heavy atom. The predicted octanol–water partition coefficient (Wildman–Crippen LogP) is 1.14. The largest absolute Gasteiger partial charge is 0.463 e. The predicted molar refractivity (Wildman–Crippen MR) is 108 cm³/mol. The minimum atomic E-state index is -1.18. The zero-order valence-corrected chi connectivity index (χ0v) is 18.6. The molecule has 168 valence electrons. The second-order valence-electron chi connectivity index (χ2n) is 6.68. The zero-order chi connectivity index (χ0) is 23.1. The molecule has 0 radical (unpaired) electrons. The highest BCUT2D eigenvalue weighted by Crippen LogP contribution is 2.30. The van der Waals surface area contributed by atoms with E-state index in [-0.39, 0.29) is 17.7 Å². The number of alkyl halides is 1. The molecule has 1 aliphatic heterocycles. The molecule has 0 bridgehead atoms. The topological polar surface area (TPSA) is 134 Å². The van der Waals surface area contributed by atoms with Gasteiger partial charge in [-0.2, -0.15) is 0 Å². The molecule has 0 saturated carbocycles. The van der Waals surface area contributed by atoms with Gasteiger partial charge in [0.2, 0.25) is 0 Å². The Hall–Kier alpha value is -2.79. The normalized spacial score (nSPS) is 25.1. The molecule has 0 spiro atoms. The van der Waals surface area contributed by atoms with Crippen LogP contribution in [0.15, 0.2) is 24.3 Å². The van der Waals surface area contributed by atoms with Crippen LogP contribution >= 0.6 is 15.9 Å². The number of nitrogens with one attached hydrogen (secondary N) is 1. The van der Waals surface area contributed by atoms with Crippen molar-refractivity contribution in [3.05, 3.63) is 35.4 Å². The summed E-state index contributed by atoms with van der Waals surface area (Å²) in [6.07, 6.45) is -2.79. The molecule has 3 unspecified atom stereocenters. The average Bonchev–Trinajstić information content (AvgIpc) is 2.70. The van der Waals surface area contributed by atoms with E-state index < -0.39 is 53.2 Å². The van der Waals surface area contributed by atoms with E-state index in [0.29, 0.717) is 6.29 Å². The third kappa shape index (κ3) is 6.59. The van der Waals surface area contributed by atoms with Gasteiger partial charge in [0.15, 0.2) is 18.5 Å². The van der Waals surface area contributed by atoms with Gasteiger partial charge < -0.3 is 24.3 Å². The molecule has 1 N–H and O–H groups in total. The number of rotatable bonds is 7. The van der Waals surface area contributed by atoms with Crippen molar-refractivity contribution < 1.29 is 42.9 Å². The molecule has 10 nitrogen and oxygen atoms in total. The second-order valence-corrected chi connectivity index (χ2v) is 7.58. The second kappa shape index (κ2) is 11.0. The molecule has 1 saturated heterocycles. The van der Waals surface area contributed by atoms with Crippen molar-refractivity contribution in [1.82, 2.24) is 5.32 Å². The van der Waals surface area contributed by atoms with Crippen molar-refractivity contribution in [2.75, 3.05) is 6.61 Å². The van der Waals surface area contributed by atoms with Crippen molar-refractivity contribution in [2.24, 2.45) is 0 Å². The summed E-state index contributed by atoms with van der Waals surface area (Å²) in [6, 6.07) is 5.13. The van der Waals surface area contributed by atoms with Gasteiger partial charge in [0.05, 0.1) is 0 Å². The first kappa shape index (κ1) is 24.5. The van der Waals surface area contributed by atoms with Crippen LogP contribution < -0.4 is 5.32 Å². The quantitative estimate of drug-likeness (QED) is 0.253. The molecule has 11 heteroatoms. The van der Waals surface area contributed by atoms with Gasteiger partial charge in [0.1, 0.15) is 23.8 Å². The zero-order valence-electron chi connectivity index (χ0n) is 17.0. The van der Waals surface area contributed by atoms with Crippen molar-refractivity contribution in [1.29, 1.82) is 0 Å². The Kier molecular flexibility index (Phi) is 8.69. The number of halogens is 1. The maximum absolute atomic E-state index is 12.8. The molecule has 0 aromatic heterocycles. The van der Waals surface area contributed by atoms with Gasteiger partial charge in [-0.15, -0.1) is 0 Å². The Balaban J connectivity index is 2.36. The Morgan fingerprint density at radius 2 is 1.65 bits per heavy atom. The van der Waals surface area contributed by atoms with Crippen LogP contribution in [-0.4, -0.2) is 66.1 Å². The number of esters is 3. The SMILES string of the molecule is CC(=O)OCC1OC(Br)C(NC(=O)c2ccccc2C=O)[C@@H](OC(C)=O)[C@@H]1OC(C)=O. The summed E-state index contributed by atoms with van der Waals surface area (Å²) in [6.45, 7) is 3.24. The van der Waals surface area contributed by atoms with Gasteiger partial charge in [-0.3, -0.25) is 24.0 Å². The molecule has 1 aromatic rings. The van der Waals surface area contributed by atoms with E-state index in [1.165, 1.54) is 19.1 Å². The Morgan fingerprint density at radius 1 is 1.03 bits per heavy atom. The molecule has 1 heterocycles. The van der Waals surface area contributed by atoms with Gasteiger partial charge >= 0.3 is 17.9 Å². The molecule has 1 amide bonds. The molecule has 2 rings (SSSR count). The smallest absolute Gasteiger partial charge is 0.303 e. The Bertz CT molecular complexity index is 859. The van der Waals surface area contributed by atoms with Gasteiger partial charge in [-0.1, -0.05) is 34.1 Å². The fourth-order valence-electron chi connectivity index (χ4n) is 3.08. The van der Waals surface area contributed by atoms with E-state index in [1.54, 1.807) is 12.1 Å². The van der Waals surface area contributed by atoms with E-state index in [4.69, 9.17) is 18.9 Å². The highest BCUT2D eigenvalue weighted by Gasteiger charge is 2.50. The number of ether oxygens (including phenoxy) is 4. The molecular weight excluding hydrogens is 478 g/mol. The summed E-state index contributed by atoms with van der Waals surface area (Å²) in [5, 5.41) is 1.75. The van der Waals surface area contributed by atoms with E-state index in [9.17, 15) is 24.0 Å². The first-order valence-corrected chi connectivity index (χ1v) is 10.2. The minimum absolute atomic E-state index is 0.102. The summed E-state index contributed by atoms with van der Waals surface area (Å²) in [4.78, 5) is 58.7. The number of carbonyl (C=O) groups excluding carboxylic acids is 5. The number of hydrogen-bond acceptors (Lipinski definition) is 9. The third-order valence-corrected chi connectivity index (χ3v) is 5.10. The first-order chi connectivity index (χ1) is 14.6. The van der Waals surface area contributed by atoms with Gasteiger partial charge in [-0.05, 0) is 6.07 Å². The third-order valence-electron chi connectivity index (χ3n) is 4.32. The van der Waals surface area contributed by atoms with Gasteiger partial charge in [0, 0.05) is 31.9 Å². The van der Waals surface area contributed by atoms with E-state index in [0.717, 1.165) is 13.8 Å². The van der Waals surface area contributed by atoms with Crippen LogP contribution in [0.2, 0.25) is 0 Å². The van der Waals surface area contributed by atoms with Crippen LogP contribution in [0.5, 0.6) is 0 Å². The van der Waals surface area contributed by atoms with Crippen LogP contribution in [0.1, 0.15) is 41.5 Å². The average molecular weight is 500 g/mol. The van der Waals surface area contributed by atoms with E-state index in [1.807, 2.05) is 0 Å². The molecule has 5 atom stereocenters. The van der Waals surface area contributed by atoms with Gasteiger partial charge in [0.25, 0.3) is 5.91 Å². The molecule has 1 fully saturated rings. The highest BCUT2D eigenvalue weighted by molar-refractivity contribution is 9.09. The van der Waals surface area contributed by atoms with Crippen molar-refractivity contribution in [2.45, 2.75) is 50.1 Å². The van der Waals surface area contributed by atoms with E-state index >= 15 is 0 Å². The summed E-state index contributed by atoms with van der Waals surface area (Å²) in [5.74, 6) is -2.59. The number of aldehydes is 1. The molecule has 0 aliphatic carbocycles. The first-order valence-electron chi connectivity index (χ1n) is 9.26. The highest BCUT2D eigenvalue weighted by atomic mass is 79.9. The van der Waals surface area contributed by atoms with E-state index in [2.05, 4.69) is 21.2 Å². The number of amides is 1. The lowest BCUT2D eigenvalue weighted by Gasteiger charge is -2.43. The molecule has 1 aromatic carbocycles. The lowest BCUT2D eigenvalue weighted by atomic mass is 9.96. The van der Waals surface area contributed by atoms with Crippen LogP contribution in [0.25, 0.3) is 0 Å². The summed E-state index contributed by atoms with van der Waals surface area (Å²) >= 11 is 3.28. The standard InChI is InChI=1S/C20H22BrNO9/c1-10(24)28-9-15-17(29-11(2)25)18(30-12(3)26)16(19(21)31-15)22-20(27)14-7-5-4-6-13(14)8-23/h4-8,15-19H,9H2,1-3H3,(H,22,27)/t15?,16?,17-,18-,19?/m1/s1. The Labute approximate surface area is 186 Å². The maximum atomic E-state index is 12.8. The van der Waals surface area contributed by atoms with Crippen molar-refractivity contribution >= 4 is 46.0 Å². The van der Waals surface area contributed by atoms with Crippen LogP contribution in [-0.2, 0) is 33.3 Å². The maximum Gasteiger partial charge on any atom is 0.303 e. The van der Waals surface area contributed by atoms with Crippen LogP contribution in [0.4, 0.5) is 0 Å². The minimum Gasteiger partial charge on any atom is -0.463 e. The number of hydrogen-bond donors (Lipinski definition) is 1. The number of benzene rings is 1. The van der Waals surface area contributed by atoms with Crippen molar-refractivity contribution in [3.63, 3.8) is 0 Å². The van der Waals surface area contributed by atoms with Crippen molar-refractivity contribution in [3.8, 4) is 0 Å².